The molecule has 0 aliphatic heterocycles. The largest absolute Gasteiger partial charge is 0.497 e. The van der Waals surface area contributed by atoms with Gasteiger partial charge in [-0.05, 0) is 36.2 Å². The van der Waals surface area contributed by atoms with Crippen LogP contribution in [-0.2, 0) is 6.42 Å². The van der Waals surface area contributed by atoms with Crippen LogP contribution in [0.2, 0.25) is 5.02 Å². The highest BCUT2D eigenvalue weighted by Gasteiger charge is 2.07. The van der Waals surface area contributed by atoms with Crippen LogP contribution in [0.15, 0.2) is 41.4 Å². The van der Waals surface area contributed by atoms with Gasteiger partial charge in [-0.2, -0.15) is 0 Å². The first-order valence-corrected chi connectivity index (χ1v) is 8.51. The van der Waals surface area contributed by atoms with Crippen LogP contribution in [0.4, 0.5) is 5.69 Å². The van der Waals surface area contributed by atoms with Crippen molar-refractivity contribution in [2.45, 2.75) is 6.42 Å². The number of nitrogens with zero attached hydrogens (tertiary/aromatic N) is 1. The van der Waals surface area contributed by atoms with Gasteiger partial charge >= 0.3 is 0 Å². The van der Waals surface area contributed by atoms with Gasteiger partial charge in [-0.1, -0.05) is 17.7 Å². The number of rotatable bonds is 7. The van der Waals surface area contributed by atoms with E-state index in [2.05, 4.69) is 15.6 Å². The van der Waals surface area contributed by atoms with Gasteiger partial charge in [0.25, 0.3) is 0 Å². The van der Waals surface area contributed by atoms with Crippen molar-refractivity contribution in [2.75, 3.05) is 40.2 Å². The van der Waals surface area contributed by atoms with Gasteiger partial charge in [0, 0.05) is 30.4 Å². The maximum atomic E-state index is 6.27. The second kappa shape index (κ2) is 9.77. The Labute approximate surface area is 159 Å². The fraction of sp³-hybridized carbons (Fsp3) is 0.316. The standard InChI is InChI=1S/C19H24ClN3O3/c1-21-19(23-14-6-8-17(25-3)18(11-14)26-4)22-10-9-13-5-7-15(24-2)12-16(13)20/h5-8,11-12H,9-10H2,1-4H3,(H2,21,22,23). The summed E-state index contributed by atoms with van der Waals surface area (Å²) in [5.41, 5.74) is 1.89. The van der Waals surface area contributed by atoms with Crippen molar-refractivity contribution >= 4 is 23.2 Å². The molecule has 0 atom stereocenters. The number of guanidine groups is 1. The summed E-state index contributed by atoms with van der Waals surface area (Å²) in [4.78, 5) is 4.23. The average molecular weight is 378 g/mol. The molecule has 0 heterocycles. The maximum absolute atomic E-state index is 6.27. The zero-order valence-corrected chi connectivity index (χ0v) is 16.2. The summed E-state index contributed by atoms with van der Waals surface area (Å²) >= 11 is 6.27. The molecule has 0 bridgehead atoms. The minimum atomic E-state index is 0.651. The van der Waals surface area contributed by atoms with E-state index in [9.17, 15) is 0 Å². The molecule has 0 saturated carbocycles. The van der Waals surface area contributed by atoms with Gasteiger partial charge in [-0.3, -0.25) is 4.99 Å². The smallest absolute Gasteiger partial charge is 0.195 e. The Morgan fingerprint density at radius 1 is 1.00 bits per heavy atom. The molecule has 0 aliphatic rings. The maximum Gasteiger partial charge on any atom is 0.195 e. The van der Waals surface area contributed by atoms with Gasteiger partial charge in [0.1, 0.15) is 5.75 Å². The molecule has 26 heavy (non-hydrogen) atoms. The minimum absolute atomic E-state index is 0.651. The zero-order valence-electron chi connectivity index (χ0n) is 15.4. The zero-order chi connectivity index (χ0) is 18.9. The van der Waals surface area contributed by atoms with Crippen LogP contribution in [-0.4, -0.2) is 40.9 Å². The summed E-state index contributed by atoms with van der Waals surface area (Å²) in [5, 5.41) is 7.18. The first-order valence-electron chi connectivity index (χ1n) is 8.13. The molecule has 0 fully saturated rings. The molecule has 2 aromatic rings. The first-order chi connectivity index (χ1) is 12.6. The normalized spacial score (nSPS) is 11.0. The average Bonchev–Trinajstić information content (AvgIpc) is 2.67. The summed E-state index contributed by atoms with van der Waals surface area (Å²) in [7, 11) is 6.55. The van der Waals surface area contributed by atoms with Gasteiger partial charge in [0.05, 0.1) is 21.3 Å². The lowest BCUT2D eigenvalue weighted by Crippen LogP contribution is -2.32. The van der Waals surface area contributed by atoms with Crippen LogP contribution in [0.25, 0.3) is 0 Å². The molecule has 0 aromatic heterocycles. The molecule has 7 heteroatoms. The van der Waals surface area contributed by atoms with Crippen molar-refractivity contribution in [3.8, 4) is 17.2 Å². The third-order valence-corrected chi connectivity index (χ3v) is 4.17. The topological polar surface area (TPSA) is 64.1 Å². The highest BCUT2D eigenvalue weighted by Crippen LogP contribution is 2.29. The fourth-order valence-electron chi connectivity index (χ4n) is 2.40. The molecule has 2 rings (SSSR count). The Morgan fingerprint density at radius 2 is 1.77 bits per heavy atom. The molecule has 0 amide bonds. The molecule has 0 spiro atoms. The van der Waals surface area contributed by atoms with E-state index in [0.717, 1.165) is 23.4 Å². The van der Waals surface area contributed by atoms with Crippen molar-refractivity contribution in [1.82, 2.24) is 5.32 Å². The first kappa shape index (κ1) is 19.7. The molecule has 0 radical (unpaired) electrons. The Bertz CT molecular complexity index is 766. The van der Waals surface area contributed by atoms with Crippen LogP contribution in [0.1, 0.15) is 5.56 Å². The van der Waals surface area contributed by atoms with Gasteiger partial charge in [-0.25, -0.2) is 0 Å². The number of anilines is 1. The number of ether oxygens (including phenoxy) is 3. The summed E-state index contributed by atoms with van der Waals surface area (Å²) in [6.07, 6.45) is 0.759. The molecule has 6 nitrogen and oxygen atoms in total. The van der Waals surface area contributed by atoms with Gasteiger partial charge in [0.2, 0.25) is 0 Å². The van der Waals surface area contributed by atoms with Crippen molar-refractivity contribution in [3.05, 3.63) is 47.0 Å². The van der Waals surface area contributed by atoms with Crippen molar-refractivity contribution in [2.24, 2.45) is 4.99 Å². The molecule has 2 N–H and O–H groups in total. The van der Waals surface area contributed by atoms with E-state index >= 15 is 0 Å². The van der Waals surface area contributed by atoms with Crippen LogP contribution >= 0.6 is 11.6 Å². The second-order valence-corrected chi connectivity index (χ2v) is 5.81. The van der Waals surface area contributed by atoms with Crippen LogP contribution in [0, 0.1) is 0 Å². The summed E-state index contributed by atoms with van der Waals surface area (Å²) in [5.74, 6) is 2.73. The number of benzene rings is 2. The number of hydrogen-bond acceptors (Lipinski definition) is 4. The van der Waals surface area contributed by atoms with E-state index in [-0.39, 0.29) is 0 Å². The molecule has 140 valence electrons. The number of methoxy groups -OCH3 is 3. The number of hydrogen-bond donors (Lipinski definition) is 2. The lowest BCUT2D eigenvalue weighted by atomic mass is 10.1. The van der Waals surface area contributed by atoms with Crippen LogP contribution < -0.4 is 24.8 Å². The summed E-state index contributed by atoms with van der Waals surface area (Å²) in [6.45, 7) is 0.680. The fourth-order valence-corrected chi connectivity index (χ4v) is 2.67. The van der Waals surface area contributed by atoms with Crippen molar-refractivity contribution < 1.29 is 14.2 Å². The molecule has 0 unspecified atom stereocenters. The van der Waals surface area contributed by atoms with E-state index in [4.69, 9.17) is 25.8 Å². The van der Waals surface area contributed by atoms with Gasteiger partial charge < -0.3 is 24.8 Å². The predicted molar refractivity (Wildman–Crippen MR) is 106 cm³/mol. The quantitative estimate of drug-likeness (QED) is 0.570. The Balaban J connectivity index is 1.94. The molecule has 0 saturated heterocycles. The highest BCUT2D eigenvalue weighted by atomic mass is 35.5. The van der Waals surface area contributed by atoms with E-state index in [1.54, 1.807) is 28.4 Å². The summed E-state index contributed by atoms with van der Waals surface area (Å²) < 4.78 is 15.7. The minimum Gasteiger partial charge on any atom is -0.497 e. The third-order valence-electron chi connectivity index (χ3n) is 3.82. The third kappa shape index (κ3) is 5.20. The number of halogens is 1. The van der Waals surface area contributed by atoms with E-state index < -0.39 is 0 Å². The van der Waals surface area contributed by atoms with Gasteiger partial charge in [0.15, 0.2) is 17.5 Å². The highest BCUT2D eigenvalue weighted by molar-refractivity contribution is 6.31. The second-order valence-electron chi connectivity index (χ2n) is 5.40. The molecule has 0 aliphatic carbocycles. The predicted octanol–water partition coefficient (Wildman–Crippen LogP) is 3.60. The Hall–Kier alpha value is -2.60. The molecule has 2 aromatic carbocycles. The van der Waals surface area contributed by atoms with E-state index in [1.165, 1.54) is 0 Å². The lowest BCUT2D eigenvalue weighted by Gasteiger charge is -2.14. The molecular formula is C19H24ClN3O3. The van der Waals surface area contributed by atoms with E-state index in [1.807, 2.05) is 36.4 Å². The Morgan fingerprint density at radius 3 is 2.38 bits per heavy atom. The van der Waals surface area contributed by atoms with Crippen molar-refractivity contribution in [3.63, 3.8) is 0 Å². The number of nitrogens with one attached hydrogen (secondary N) is 2. The van der Waals surface area contributed by atoms with Crippen LogP contribution in [0.5, 0.6) is 17.2 Å². The van der Waals surface area contributed by atoms with Crippen molar-refractivity contribution in [1.29, 1.82) is 0 Å². The van der Waals surface area contributed by atoms with E-state index in [0.29, 0.717) is 29.0 Å². The SMILES string of the molecule is CN=C(NCCc1ccc(OC)cc1Cl)Nc1ccc(OC)c(OC)c1. The summed E-state index contributed by atoms with van der Waals surface area (Å²) in [6, 6.07) is 11.3. The van der Waals surface area contributed by atoms with Gasteiger partial charge in [-0.15, -0.1) is 0 Å². The monoisotopic (exact) mass is 377 g/mol. The number of aliphatic imine (C=N–C) groups is 1. The molecular weight excluding hydrogens is 354 g/mol. The van der Waals surface area contributed by atoms with Crippen LogP contribution in [0.3, 0.4) is 0 Å². The lowest BCUT2D eigenvalue weighted by molar-refractivity contribution is 0.355. The Kier molecular flexibility index (Phi) is 7.41.